The molecule has 27 heavy (non-hydrogen) atoms. The molecule has 4 heteroatoms. The van der Waals surface area contributed by atoms with E-state index >= 15 is 0 Å². The summed E-state index contributed by atoms with van der Waals surface area (Å²) in [6.07, 6.45) is 3.21. The third-order valence-electron chi connectivity index (χ3n) is 5.31. The van der Waals surface area contributed by atoms with Gasteiger partial charge in [0.1, 0.15) is 11.5 Å². The van der Waals surface area contributed by atoms with Crippen molar-refractivity contribution in [3.8, 4) is 6.07 Å². The normalized spacial score (nSPS) is 16.3. The van der Waals surface area contributed by atoms with Gasteiger partial charge in [-0.15, -0.1) is 0 Å². The van der Waals surface area contributed by atoms with Crippen LogP contribution < -0.4 is 0 Å². The predicted octanol–water partition coefficient (Wildman–Crippen LogP) is 3.91. The van der Waals surface area contributed by atoms with E-state index in [4.69, 9.17) is 4.74 Å². The Labute approximate surface area is 161 Å². The fraction of sp³-hybridized carbons (Fsp3) is 0.391. The van der Waals surface area contributed by atoms with Crippen LogP contribution in [0.25, 0.3) is 0 Å². The van der Waals surface area contributed by atoms with Gasteiger partial charge in [-0.05, 0) is 44.0 Å². The number of carbonyl (C=O) groups excluding carboxylic acids is 1. The summed E-state index contributed by atoms with van der Waals surface area (Å²) < 4.78 is 5.48. The maximum Gasteiger partial charge on any atom is 0.325 e. The van der Waals surface area contributed by atoms with E-state index in [2.05, 4.69) is 11.0 Å². The molecule has 0 N–H and O–H groups in total. The molecule has 1 atom stereocenters. The second-order valence-corrected chi connectivity index (χ2v) is 6.90. The molecule has 0 amide bonds. The topological polar surface area (TPSA) is 53.3 Å². The van der Waals surface area contributed by atoms with Crippen LogP contribution in [-0.4, -0.2) is 36.6 Å². The number of nitriles is 1. The largest absolute Gasteiger partial charge is 0.465 e. The van der Waals surface area contributed by atoms with Gasteiger partial charge in [0.05, 0.1) is 12.7 Å². The Bertz CT molecular complexity index is 738. The average molecular weight is 362 g/mol. The molecule has 4 nitrogen and oxygen atoms in total. The number of esters is 1. The third kappa shape index (κ3) is 3.74. The van der Waals surface area contributed by atoms with Gasteiger partial charge in [-0.3, -0.25) is 9.69 Å². The van der Waals surface area contributed by atoms with Gasteiger partial charge < -0.3 is 4.74 Å². The molecular weight excluding hydrogens is 336 g/mol. The van der Waals surface area contributed by atoms with Gasteiger partial charge in [-0.2, -0.15) is 5.26 Å². The van der Waals surface area contributed by atoms with E-state index in [1.807, 2.05) is 67.6 Å². The SMILES string of the molecule is CCOC(=O)[C@@H](N1CCCCC1)C(C#N)(c1ccccc1)c1ccccc1. The zero-order valence-electron chi connectivity index (χ0n) is 15.8. The fourth-order valence-corrected chi connectivity index (χ4v) is 4.07. The van der Waals surface area contributed by atoms with Crippen molar-refractivity contribution < 1.29 is 9.53 Å². The molecular formula is C23H26N2O2. The maximum absolute atomic E-state index is 13.2. The molecule has 2 aromatic rings. The van der Waals surface area contributed by atoms with E-state index in [0.29, 0.717) is 6.61 Å². The first-order valence-corrected chi connectivity index (χ1v) is 9.67. The second-order valence-electron chi connectivity index (χ2n) is 6.90. The monoisotopic (exact) mass is 362 g/mol. The number of nitrogens with zero attached hydrogens (tertiary/aromatic N) is 2. The summed E-state index contributed by atoms with van der Waals surface area (Å²) in [6, 6.07) is 21.1. The van der Waals surface area contributed by atoms with Crippen LogP contribution in [0.5, 0.6) is 0 Å². The Kier molecular flexibility index (Phi) is 6.26. The average Bonchev–Trinajstić information content (AvgIpc) is 2.74. The second kappa shape index (κ2) is 8.83. The molecule has 1 heterocycles. The lowest BCUT2D eigenvalue weighted by Gasteiger charge is -2.42. The van der Waals surface area contributed by atoms with Crippen LogP contribution in [0.15, 0.2) is 60.7 Å². The van der Waals surface area contributed by atoms with Gasteiger partial charge in [-0.25, -0.2) is 0 Å². The highest BCUT2D eigenvalue weighted by Crippen LogP contribution is 2.39. The summed E-state index contributed by atoms with van der Waals surface area (Å²) in [5, 5.41) is 10.5. The summed E-state index contributed by atoms with van der Waals surface area (Å²) in [4.78, 5) is 15.3. The van der Waals surface area contributed by atoms with Gasteiger partial charge in [0, 0.05) is 0 Å². The quantitative estimate of drug-likeness (QED) is 0.731. The van der Waals surface area contributed by atoms with Crippen molar-refractivity contribution in [3.05, 3.63) is 71.8 Å². The molecule has 0 saturated carbocycles. The Hall–Kier alpha value is -2.64. The first kappa shape index (κ1) is 19.1. The molecule has 140 valence electrons. The van der Waals surface area contributed by atoms with E-state index in [9.17, 15) is 10.1 Å². The lowest BCUT2D eigenvalue weighted by molar-refractivity contribution is -0.151. The Morgan fingerprint density at radius 1 is 1.04 bits per heavy atom. The van der Waals surface area contributed by atoms with Gasteiger partial charge in [0.2, 0.25) is 0 Å². The number of likely N-dealkylation sites (tertiary alicyclic amines) is 1. The summed E-state index contributed by atoms with van der Waals surface area (Å²) >= 11 is 0. The standard InChI is InChI=1S/C23H26N2O2/c1-2-27-22(26)21(25-16-10-5-11-17-25)23(18-24,19-12-6-3-7-13-19)20-14-8-4-9-15-20/h3-4,6-9,12-15,21H,2,5,10-11,16-17H2,1H3/t21-/m1/s1. The molecule has 1 saturated heterocycles. The smallest absolute Gasteiger partial charge is 0.325 e. The van der Waals surface area contributed by atoms with Crippen molar-refractivity contribution in [3.63, 3.8) is 0 Å². The summed E-state index contributed by atoms with van der Waals surface area (Å²) in [5.74, 6) is -0.325. The van der Waals surface area contributed by atoms with Crippen LogP contribution in [0.3, 0.4) is 0 Å². The lowest BCUT2D eigenvalue weighted by Crippen LogP contribution is -2.57. The van der Waals surface area contributed by atoms with E-state index in [1.54, 1.807) is 0 Å². The number of carbonyl (C=O) groups is 1. The molecule has 2 aromatic carbocycles. The number of ether oxygens (including phenoxy) is 1. The van der Waals surface area contributed by atoms with Crippen LogP contribution in [0.1, 0.15) is 37.3 Å². The van der Waals surface area contributed by atoms with E-state index < -0.39 is 11.5 Å². The van der Waals surface area contributed by atoms with Crippen LogP contribution in [0, 0.1) is 11.3 Å². The molecule has 0 bridgehead atoms. The minimum absolute atomic E-state index is 0.300. The van der Waals surface area contributed by atoms with Crippen LogP contribution in [-0.2, 0) is 14.9 Å². The highest BCUT2D eigenvalue weighted by atomic mass is 16.5. The first-order chi connectivity index (χ1) is 13.2. The van der Waals surface area contributed by atoms with Crippen molar-refractivity contribution in [2.75, 3.05) is 19.7 Å². The lowest BCUT2D eigenvalue weighted by atomic mass is 9.69. The Balaban J connectivity index is 2.22. The Morgan fingerprint density at radius 2 is 1.56 bits per heavy atom. The van der Waals surface area contributed by atoms with Crippen LogP contribution >= 0.6 is 0 Å². The van der Waals surface area contributed by atoms with Gasteiger partial charge in [0.25, 0.3) is 0 Å². The summed E-state index contributed by atoms with van der Waals surface area (Å²) in [7, 11) is 0. The molecule has 0 radical (unpaired) electrons. The molecule has 0 aromatic heterocycles. The highest BCUT2D eigenvalue weighted by molar-refractivity contribution is 5.81. The first-order valence-electron chi connectivity index (χ1n) is 9.67. The molecule has 0 unspecified atom stereocenters. The van der Waals surface area contributed by atoms with Crippen molar-refractivity contribution in [1.82, 2.24) is 4.90 Å². The number of hydrogen-bond donors (Lipinski definition) is 0. The Morgan fingerprint density at radius 3 is 2.00 bits per heavy atom. The predicted molar refractivity (Wildman–Crippen MR) is 105 cm³/mol. The van der Waals surface area contributed by atoms with E-state index in [1.165, 1.54) is 0 Å². The highest BCUT2D eigenvalue weighted by Gasteiger charge is 2.50. The maximum atomic E-state index is 13.2. The molecule has 3 rings (SSSR count). The number of benzene rings is 2. The number of piperidine rings is 1. The van der Waals surface area contributed by atoms with Crippen molar-refractivity contribution in [1.29, 1.82) is 5.26 Å². The van der Waals surface area contributed by atoms with Crippen LogP contribution in [0.2, 0.25) is 0 Å². The van der Waals surface area contributed by atoms with Crippen LogP contribution in [0.4, 0.5) is 0 Å². The summed E-state index contributed by atoms with van der Waals surface area (Å²) in [5.41, 5.74) is 0.524. The molecule has 1 aliphatic rings. The third-order valence-corrected chi connectivity index (χ3v) is 5.31. The van der Waals surface area contributed by atoms with Gasteiger partial charge >= 0.3 is 5.97 Å². The van der Waals surface area contributed by atoms with Crippen molar-refractivity contribution in [2.24, 2.45) is 0 Å². The molecule has 0 spiro atoms. The number of hydrogen-bond acceptors (Lipinski definition) is 4. The number of rotatable bonds is 6. The fourth-order valence-electron chi connectivity index (χ4n) is 4.07. The minimum atomic E-state index is -1.12. The molecule has 1 aliphatic heterocycles. The zero-order chi connectivity index (χ0) is 19.1. The van der Waals surface area contributed by atoms with Crippen molar-refractivity contribution in [2.45, 2.75) is 37.6 Å². The summed E-state index contributed by atoms with van der Waals surface area (Å²) in [6.45, 7) is 3.71. The van der Waals surface area contributed by atoms with Gasteiger partial charge in [0.15, 0.2) is 0 Å². The van der Waals surface area contributed by atoms with Gasteiger partial charge in [-0.1, -0.05) is 67.1 Å². The molecule has 1 fully saturated rings. The van der Waals surface area contributed by atoms with E-state index in [-0.39, 0.29) is 5.97 Å². The van der Waals surface area contributed by atoms with E-state index in [0.717, 1.165) is 43.5 Å². The minimum Gasteiger partial charge on any atom is -0.465 e. The zero-order valence-corrected chi connectivity index (χ0v) is 15.8. The molecule has 0 aliphatic carbocycles. The van der Waals surface area contributed by atoms with Crippen molar-refractivity contribution >= 4 is 5.97 Å².